The third-order valence-electron chi connectivity index (χ3n) is 4.70. The third-order valence-corrected chi connectivity index (χ3v) is 5.80. The van der Waals surface area contributed by atoms with Gasteiger partial charge in [0.15, 0.2) is 0 Å². The van der Waals surface area contributed by atoms with Gasteiger partial charge in [-0.05, 0) is 35.2 Å². The van der Waals surface area contributed by atoms with Crippen LogP contribution >= 0.6 is 23.4 Å². The van der Waals surface area contributed by atoms with Gasteiger partial charge in [-0.15, -0.1) is 11.8 Å². The van der Waals surface area contributed by atoms with Crippen LogP contribution in [-0.2, 0) is 5.75 Å². The Labute approximate surface area is 170 Å². The Morgan fingerprint density at radius 3 is 2.89 bits per heavy atom. The molecule has 0 unspecified atom stereocenters. The molecule has 0 fully saturated rings. The summed E-state index contributed by atoms with van der Waals surface area (Å²) < 4.78 is 14.4. The van der Waals surface area contributed by atoms with Crippen LogP contribution in [0, 0.1) is 5.82 Å². The van der Waals surface area contributed by atoms with Crippen molar-refractivity contribution in [3.05, 3.63) is 69.3 Å². The van der Waals surface area contributed by atoms with Crippen LogP contribution in [0.3, 0.4) is 0 Å². The van der Waals surface area contributed by atoms with Crippen LogP contribution in [0.1, 0.15) is 16.7 Å². The van der Waals surface area contributed by atoms with Gasteiger partial charge in [-0.1, -0.05) is 29.8 Å². The topological polar surface area (TPSA) is 61.3 Å². The van der Waals surface area contributed by atoms with Crippen LogP contribution in [-0.4, -0.2) is 17.5 Å². The number of rotatable bonds is 3. The van der Waals surface area contributed by atoms with Gasteiger partial charge in [-0.25, -0.2) is 19.8 Å². The molecule has 2 aliphatic heterocycles. The van der Waals surface area contributed by atoms with Gasteiger partial charge in [-0.3, -0.25) is 0 Å². The van der Waals surface area contributed by atoms with Gasteiger partial charge in [0.1, 0.15) is 24.1 Å². The number of para-hydroxylation sites is 2. The van der Waals surface area contributed by atoms with Crippen molar-refractivity contribution in [2.45, 2.75) is 5.75 Å². The number of hydrazine groups is 1. The largest absolute Gasteiger partial charge is 0.336 e. The molecule has 28 heavy (non-hydrogen) atoms. The highest BCUT2D eigenvalue weighted by molar-refractivity contribution is 8.01. The summed E-state index contributed by atoms with van der Waals surface area (Å²) in [7, 11) is 0. The maximum absolute atomic E-state index is 14.4. The van der Waals surface area contributed by atoms with Gasteiger partial charge in [0.2, 0.25) is 0 Å². The van der Waals surface area contributed by atoms with E-state index >= 15 is 0 Å². The average molecular weight is 412 g/mol. The number of hydrogen-bond donors (Lipinski definition) is 3. The number of hydrogen-bond acceptors (Lipinski definition) is 6. The molecule has 0 atom stereocenters. The molecule has 0 aliphatic carbocycles. The first-order valence-corrected chi connectivity index (χ1v) is 10.1. The third kappa shape index (κ3) is 2.92. The monoisotopic (exact) mass is 411 g/mol. The second-order valence-electron chi connectivity index (χ2n) is 6.36. The second kappa shape index (κ2) is 7.09. The van der Waals surface area contributed by atoms with E-state index in [1.807, 2.05) is 18.2 Å². The van der Waals surface area contributed by atoms with Gasteiger partial charge >= 0.3 is 0 Å². The van der Waals surface area contributed by atoms with Crippen LogP contribution < -0.4 is 16.2 Å². The summed E-state index contributed by atoms with van der Waals surface area (Å²) in [5.74, 6) is 1.67. The summed E-state index contributed by atoms with van der Waals surface area (Å²) in [6.07, 6.45) is 2.08. The second-order valence-corrected chi connectivity index (χ2v) is 7.66. The summed E-state index contributed by atoms with van der Waals surface area (Å²) >= 11 is 7.90. The number of pyridine rings is 1. The van der Waals surface area contributed by atoms with Gasteiger partial charge < -0.3 is 10.7 Å². The zero-order valence-electron chi connectivity index (χ0n) is 14.6. The maximum Gasteiger partial charge on any atom is 0.148 e. The number of anilines is 2. The van der Waals surface area contributed by atoms with Crippen molar-refractivity contribution in [2.24, 2.45) is 4.99 Å². The predicted molar refractivity (Wildman–Crippen MR) is 114 cm³/mol. The number of amidine groups is 1. The molecule has 3 N–H and O–H groups in total. The maximum atomic E-state index is 14.4. The number of aliphatic imine (C=N–C) groups is 1. The molecule has 2 aliphatic rings. The molecule has 0 saturated carbocycles. The van der Waals surface area contributed by atoms with E-state index in [2.05, 4.69) is 32.6 Å². The zero-order valence-corrected chi connectivity index (χ0v) is 16.2. The summed E-state index contributed by atoms with van der Waals surface area (Å²) in [6, 6.07) is 10.6. The number of benzene rings is 2. The molecular formula is C20H15ClFN5S. The summed E-state index contributed by atoms with van der Waals surface area (Å²) in [5, 5.41) is 6.55. The van der Waals surface area contributed by atoms with Gasteiger partial charge in [0, 0.05) is 22.3 Å². The van der Waals surface area contributed by atoms with Crippen molar-refractivity contribution in [2.75, 3.05) is 12.0 Å². The highest BCUT2D eigenvalue weighted by atomic mass is 35.5. The number of halogens is 2. The van der Waals surface area contributed by atoms with E-state index in [9.17, 15) is 4.39 Å². The molecule has 0 bridgehead atoms. The molecule has 0 saturated heterocycles. The zero-order chi connectivity index (χ0) is 19.1. The predicted octanol–water partition coefficient (Wildman–Crippen LogP) is 4.80. The Morgan fingerprint density at radius 1 is 1.18 bits per heavy atom. The molecule has 0 radical (unpaired) electrons. The van der Waals surface area contributed by atoms with Crippen molar-refractivity contribution < 1.29 is 4.39 Å². The van der Waals surface area contributed by atoms with E-state index in [0.29, 0.717) is 17.5 Å². The Kier molecular flexibility index (Phi) is 4.43. The Morgan fingerprint density at radius 2 is 2.07 bits per heavy atom. The summed E-state index contributed by atoms with van der Waals surface area (Å²) in [5.41, 5.74) is 10.1. The van der Waals surface area contributed by atoms with Crippen molar-refractivity contribution in [3.8, 4) is 0 Å². The van der Waals surface area contributed by atoms with Gasteiger partial charge in [0.05, 0.1) is 16.2 Å². The van der Waals surface area contributed by atoms with Crippen molar-refractivity contribution >= 4 is 57.7 Å². The number of thioether (sulfide) groups is 1. The molecule has 2 aromatic carbocycles. The van der Waals surface area contributed by atoms with E-state index in [4.69, 9.17) is 16.6 Å². The van der Waals surface area contributed by atoms with Crippen LogP contribution in [0.2, 0.25) is 5.02 Å². The van der Waals surface area contributed by atoms with Crippen LogP contribution in [0.25, 0.3) is 17.0 Å². The van der Waals surface area contributed by atoms with E-state index < -0.39 is 5.82 Å². The first-order valence-electron chi connectivity index (χ1n) is 8.71. The number of fused-ring (bicyclic) bond motifs is 3. The molecule has 1 aromatic heterocycles. The fourth-order valence-electron chi connectivity index (χ4n) is 3.40. The van der Waals surface area contributed by atoms with Gasteiger partial charge in [-0.2, -0.15) is 0 Å². The van der Waals surface area contributed by atoms with Gasteiger partial charge in [0.25, 0.3) is 0 Å². The van der Waals surface area contributed by atoms with E-state index in [1.165, 1.54) is 6.07 Å². The standard InChI is InChI=1S/C20H15ClFN5S/c21-15-5-2-6-16(22)18(15)26-20-14-9-28-8-7-11(14)12-3-1-4-13(17(12)25-20)19-23-10-24-27-19/h1-8,24H,9-10H2,(H,23,27)(H,25,26). The summed E-state index contributed by atoms with van der Waals surface area (Å²) in [6.45, 7) is 0.503. The van der Waals surface area contributed by atoms with Crippen LogP contribution in [0.5, 0.6) is 0 Å². The first-order chi connectivity index (χ1) is 13.7. The lowest BCUT2D eigenvalue weighted by Gasteiger charge is -2.20. The summed E-state index contributed by atoms with van der Waals surface area (Å²) in [4.78, 5) is 9.32. The highest BCUT2D eigenvalue weighted by Gasteiger charge is 2.21. The molecule has 5 rings (SSSR count). The minimum atomic E-state index is -0.415. The molecular weight excluding hydrogens is 397 g/mol. The lowest BCUT2D eigenvalue weighted by molar-refractivity contribution is 0.632. The number of nitrogens with zero attached hydrogens (tertiary/aromatic N) is 2. The fraction of sp³-hybridized carbons (Fsp3) is 0.100. The molecule has 3 heterocycles. The Balaban J connectivity index is 1.75. The molecule has 8 heteroatoms. The normalized spacial score (nSPS) is 15.3. The SMILES string of the molecule is Fc1cccc(Cl)c1Nc1nc2c(C3=NCNN3)cccc2c2c1CSC=C2. The fourth-order valence-corrected chi connectivity index (χ4v) is 4.40. The van der Waals surface area contributed by atoms with Crippen molar-refractivity contribution in [1.82, 2.24) is 15.8 Å². The lowest BCUT2D eigenvalue weighted by atomic mass is 10.00. The van der Waals surface area contributed by atoms with Crippen molar-refractivity contribution in [1.29, 1.82) is 0 Å². The van der Waals surface area contributed by atoms with E-state index in [1.54, 1.807) is 23.9 Å². The Bertz CT molecular complexity index is 1140. The average Bonchev–Trinajstić information content (AvgIpc) is 3.25. The highest BCUT2D eigenvalue weighted by Crippen LogP contribution is 2.38. The molecule has 0 spiro atoms. The van der Waals surface area contributed by atoms with Crippen LogP contribution in [0.15, 0.2) is 46.8 Å². The van der Waals surface area contributed by atoms with Crippen molar-refractivity contribution in [3.63, 3.8) is 0 Å². The minimum Gasteiger partial charge on any atom is -0.336 e. The Hall–Kier alpha value is -2.61. The first kappa shape index (κ1) is 17.5. The smallest absolute Gasteiger partial charge is 0.148 e. The van der Waals surface area contributed by atoms with E-state index in [0.717, 1.165) is 39.2 Å². The molecule has 0 amide bonds. The number of aromatic nitrogens is 1. The molecule has 5 nitrogen and oxygen atoms in total. The lowest BCUT2D eigenvalue weighted by Crippen LogP contribution is -2.30. The molecule has 140 valence electrons. The minimum absolute atomic E-state index is 0.230. The quantitative estimate of drug-likeness (QED) is 0.578. The van der Waals surface area contributed by atoms with Crippen LogP contribution in [0.4, 0.5) is 15.9 Å². The number of nitrogens with one attached hydrogen (secondary N) is 3. The van der Waals surface area contributed by atoms with E-state index in [-0.39, 0.29) is 5.69 Å². The molecule has 3 aromatic rings.